The molecule has 0 saturated carbocycles. The van der Waals surface area contributed by atoms with Crippen molar-refractivity contribution in [3.63, 3.8) is 0 Å². The zero-order chi connectivity index (χ0) is 21.9. The maximum Gasteiger partial charge on any atom is 0.205 e. The van der Waals surface area contributed by atoms with E-state index < -0.39 is 11.8 Å². The summed E-state index contributed by atoms with van der Waals surface area (Å²) in [5.74, 6) is -1.60. The molecule has 4 saturated heterocycles. The molecule has 0 aromatic carbocycles. The first-order valence-corrected chi connectivity index (χ1v) is 11.0. The van der Waals surface area contributed by atoms with Gasteiger partial charge in [0, 0.05) is 24.2 Å². The number of ether oxygens (including phenoxy) is 2. The summed E-state index contributed by atoms with van der Waals surface area (Å²) in [6, 6.07) is -0.530. The second kappa shape index (κ2) is 7.85. The first-order valence-electron chi connectivity index (χ1n) is 10.2. The first-order chi connectivity index (χ1) is 13.1. The Labute approximate surface area is 183 Å². The third-order valence-corrected chi connectivity index (χ3v) is 6.95. The molecule has 4 heterocycles. The van der Waals surface area contributed by atoms with Crippen molar-refractivity contribution in [3.8, 4) is 0 Å². The molecule has 4 rings (SSSR count). The second-order valence-electron chi connectivity index (χ2n) is 10.5. The Morgan fingerprint density at radius 2 is 1.45 bits per heavy atom. The van der Waals surface area contributed by atoms with E-state index in [2.05, 4.69) is 25.7 Å². The summed E-state index contributed by atoms with van der Waals surface area (Å²) in [7, 11) is 0. The minimum Gasteiger partial charge on any atom is -0.369 e. The maximum absolute atomic E-state index is 11.6. The number of rotatable bonds is 0. The van der Waals surface area contributed by atoms with E-state index in [9.17, 15) is 15.0 Å². The quantitative estimate of drug-likeness (QED) is 0.421. The van der Waals surface area contributed by atoms with Gasteiger partial charge in [-0.05, 0) is 41.5 Å². The van der Waals surface area contributed by atoms with Crippen LogP contribution in [0.5, 0.6) is 0 Å². The van der Waals surface area contributed by atoms with Crippen molar-refractivity contribution >= 4 is 29.0 Å². The first kappa shape index (κ1) is 23.7. The molecule has 9 heteroatoms. The topological polar surface area (TPSA) is 82.5 Å². The average molecular weight is 453 g/mol. The molecule has 0 amide bonds. The standard InChI is InChI=1S/C10H18ClNO3.C10H16ClNO2/c1-9(2,3)12-4-6(11)7-8(12)10(13,14)5-15-7;1-10(2,3)12-4-6(11)9-8(12)7(13)5-14-9/h6-8,13-14H,4-5H2,1-3H3;6,8-9H,4-5H2,1-3H3/t6-,7+,8-;6-,8+,9+/m00/s1. The number of Topliss-reactive ketones (excluding diaryl/α,β-unsaturated/α-hetero) is 1. The number of hydrogen-bond donors (Lipinski definition) is 2. The molecule has 0 aliphatic carbocycles. The van der Waals surface area contributed by atoms with Crippen molar-refractivity contribution in [3.05, 3.63) is 0 Å². The van der Waals surface area contributed by atoms with Crippen LogP contribution in [0.1, 0.15) is 41.5 Å². The summed E-state index contributed by atoms with van der Waals surface area (Å²) in [5, 5.41) is 19.5. The Hall–Kier alpha value is 0.01000. The number of halogens is 2. The van der Waals surface area contributed by atoms with Gasteiger partial charge in [-0.3, -0.25) is 14.6 Å². The fraction of sp³-hybridized carbons (Fsp3) is 0.950. The van der Waals surface area contributed by atoms with Gasteiger partial charge in [0.1, 0.15) is 13.2 Å². The van der Waals surface area contributed by atoms with Crippen LogP contribution >= 0.6 is 23.2 Å². The molecule has 0 spiro atoms. The summed E-state index contributed by atoms with van der Waals surface area (Å²) in [6.45, 7) is 14.0. The zero-order valence-electron chi connectivity index (χ0n) is 18.1. The van der Waals surface area contributed by atoms with E-state index in [1.807, 2.05) is 25.7 Å². The van der Waals surface area contributed by atoms with Crippen LogP contribution < -0.4 is 0 Å². The van der Waals surface area contributed by atoms with Crippen LogP contribution in [0, 0.1) is 0 Å². The summed E-state index contributed by atoms with van der Waals surface area (Å²) in [4.78, 5) is 15.8. The van der Waals surface area contributed by atoms with Gasteiger partial charge in [0.25, 0.3) is 0 Å². The molecule has 6 atom stereocenters. The number of carbonyl (C=O) groups is 1. The van der Waals surface area contributed by atoms with Gasteiger partial charge in [-0.1, -0.05) is 0 Å². The largest absolute Gasteiger partial charge is 0.369 e. The fourth-order valence-corrected chi connectivity index (χ4v) is 5.49. The monoisotopic (exact) mass is 452 g/mol. The maximum atomic E-state index is 11.6. The third-order valence-electron chi connectivity index (χ3n) is 6.18. The van der Waals surface area contributed by atoms with Gasteiger partial charge in [-0.25, -0.2) is 0 Å². The summed E-state index contributed by atoms with van der Waals surface area (Å²) in [5.41, 5.74) is -0.160. The lowest BCUT2D eigenvalue weighted by Gasteiger charge is -2.39. The summed E-state index contributed by atoms with van der Waals surface area (Å²) in [6.07, 6.45) is -0.371. The van der Waals surface area contributed by atoms with Gasteiger partial charge in [0.15, 0.2) is 5.78 Å². The van der Waals surface area contributed by atoms with Gasteiger partial charge in [-0.2, -0.15) is 0 Å². The van der Waals surface area contributed by atoms with Crippen LogP contribution in [-0.2, 0) is 14.3 Å². The highest BCUT2D eigenvalue weighted by Gasteiger charge is 2.59. The number of carbonyl (C=O) groups excluding carboxylic acids is 1. The molecular weight excluding hydrogens is 419 g/mol. The highest BCUT2D eigenvalue weighted by molar-refractivity contribution is 6.22. The van der Waals surface area contributed by atoms with Crippen molar-refractivity contribution < 1.29 is 24.5 Å². The van der Waals surface area contributed by atoms with Crippen LogP contribution in [0.4, 0.5) is 0 Å². The van der Waals surface area contributed by atoms with Gasteiger partial charge < -0.3 is 19.7 Å². The molecule has 0 radical (unpaired) electrons. The van der Waals surface area contributed by atoms with Gasteiger partial charge in [-0.15, -0.1) is 23.2 Å². The predicted octanol–water partition coefficient (Wildman–Crippen LogP) is 1.20. The molecule has 4 aliphatic heterocycles. The molecule has 29 heavy (non-hydrogen) atoms. The number of alkyl halides is 2. The zero-order valence-corrected chi connectivity index (χ0v) is 19.6. The fourth-order valence-electron chi connectivity index (χ4n) is 4.77. The van der Waals surface area contributed by atoms with Crippen LogP contribution in [0.25, 0.3) is 0 Å². The molecule has 168 valence electrons. The molecule has 7 nitrogen and oxygen atoms in total. The summed E-state index contributed by atoms with van der Waals surface area (Å²) >= 11 is 12.3. The lowest BCUT2D eigenvalue weighted by atomic mass is 10.00. The van der Waals surface area contributed by atoms with E-state index in [-0.39, 0.29) is 59.1 Å². The van der Waals surface area contributed by atoms with Crippen molar-refractivity contribution in [2.45, 2.75) is 93.5 Å². The number of likely N-dealkylation sites (tertiary alicyclic amines) is 2. The Morgan fingerprint density at radius 3 is 2.00 bits per heavy atom. The van der Waals surface area contributed by atoms with Crippen LogP contribution in [0.2, 0.25) is 0 Å². The predicted molar refractivity (Wildman–Crippen MR) is 111 cm³/mol. The van der Waals surface area contributed by atoms with Gasteiger partial charge >= 0.3 is 0 Å². The smallest absolute Gasteiger partial charge is 0.205 e. The van der Waals surface area contributed by atoms with Crippen LogP contribution in [0.15, 0.2) is 0 Å². The molecule has 0 aromatic rings. The van der Waals surface area contributed by atoms with Crippen LogP contribution in [-0.4, -0.2) is 104 Å². The van der Waals surface area contributed by atoms with E-state index in [1.165, 1.54) is 0 Å². The van der Waals surface area contributed by atoms with E-state index in [4.69, 9.17) is 32.7 Å². The molecule has 0 aromatic heterocycles. The number of aliphatic hydroxyl groups is 2. The molecular formula is C20H34Cl2N2O5. The molecule has 4 aliphatic rings. The van der Waals surface area contributed by atoms with Gasteiger partial charge in [0.2, 0.25) is 5.79 Å². The Balaban J connectivity index is 0.000000166. The van der Waals surface area contributed by atoms with E-state index in [0.717, 1.165) is 6.54 Å². The van der Waals surface area contributed by atoms with E-state index in [0.29, 0.717) is 6.54 Å². The number of ketones is 1. The van der Waals surface area contributed by atoms with Crippen LogP contribution in [0.3, 0.4) is 0 Å². The molecule has 4 fully saturated rings. The highest BCUT2D eigenvalue weighted by Crippen LogP contribution is 2.40. The number of fused-ring (bicyclic) bond motifs is 2. The highest BCUT2D eigenvalue weighted by atomic mass is 35.5. The number of hydrogen-bond acceptors (Lipinski definition) is 7. The molecule has 0 unspecified atom stereocenters. The van der Waals surface area contributed by atoms with Gasteiger partial charge in [0.05, 0.1) is 35.0 Å². The SMILES string of the molecule is CC(C)(C)N1C[C@H](Cl)[C@H]2OCC(=O)[C@H]21.CC(C)(C)N1C[C@H](Cl)[C@H]2OCC(O)(O)[C@H]21. The Bertz CT molecular complexity index is 633. The third kappa shape index (κ3) is 4.48. The average Bonchev–Trinajstić information content (AvgIpc) is 3.26. The Morgan fingerprint density at radius 1 is 0.931 bits per heavy atom. The minimum absolute atomic E-state index is 0.0179. The van der Waals surface area contributed by atoms with Crippen molar-refractivity contribution in [2.24, 2.45) is 0 Å². The molecule has 2 N–H and O–H groups in total. The second-order valence-corrected chi connectivity index (χ2v) is 11.6. The van der Waals surface area contributed by atoms with Crippen molar-refractivity contribution in [1.29, 1.82) is 0 Å². The lowest BCUT2D eigenvalue weighted by Crippen LogP contribution is -2.56. The van der Waals surface area contributed by atoms with Crippen molar-refractivity contribution in [1.82, 2.24) is 9.80 Å². The van der Waals surface area contributed by atoms with E-state index in [1.54, 1.807) is 0 Å². The Kier molecular flexibility index (Phi) is 6.41. The summed E-state index contributed by atoms with van der Waals surface area (Å²) < 4.78 is 10.8. The number of nitrogens with zero attached hydrogens (tertiary/aromatic N) is 2. The lowest BCUT2D eigenvalue weighted by molar-refractivity contribution is -0.194. The normalized spacial score (nSPS) is 40.0. The molecule has 0 bridgehead atoms. The minimum atomic E-state index is -1.78. The van der Waals surface area contributed by atoms with Crippen molar-refractivity contribution in [2.75, 3.05) is 26.3 Å². The van der Waals surface area contributed by atoms with E-state index >= 15 is 0 Å².